The Kier molecular flexibility index (Phi) is 9.02. The molecule has 0 unspecified atom stereocenters. The Morgan fingerprint density at radius 2 is 1.50 bits per heavy atom. The van der Waals surface area contributed by atoms with Crippen LogP contribution in [0, 0.1) is 5.92 Å². The van der Waals surface area contributed by atoms with Gasteiger partial charge in [0.05, 0.1) is 0 Å². The molecule has 84 valence electrons. The molecule has 0 fully saturated rings. The second-order valence-corrected chi connectivity index (χ2v) is 4.25. The summed E-state index contributed by atoms with van der Waals surface area (Å²) in [5.74, 6) is 1.12. The van der Waals surface area contributed by atoms with Crippen LogP contribution in [-0.4, -0.2) is 5.78 Å². The Balaban J connectivity index is 3.77. The summed E-state index contributed by atoms with van der Waals surface area (Å²) in [5, 5.41) is 0. The third kappa shape index (κ3) is 7.11. The molecule has 1 nitrogen and oxygen atoms in total. The summed E-state index contributed by atoms with van der Waals surface area (Å²) >= 11 is 0. The average Bonchev–Trinajstić information content (AvgIpc) is 2.21. The molecule has 0 aliphatic heterocycles. The van der Waals surface area contributed by atoms with E-state index in [-0.39, 0.29) is 0 Å². The third-order valence-electron chi connectivity index (χ3n) is 2.84. The third-order valence-corrected chi connectivity index (χ3v) is 2.84. The largest absolute Gasteiger partial charge is 0.300 e. The molecule has 1 heteroatoms. The first-order valence-corrected chi connectivity index (χ1v) is 6.26. The van der Waals surface area contributed by atoms with Gasteiger partial charge in [-0.1, -0.05) is 59.3 Å². The maximum atomic E-state index is 11.3. The molecule has 0 amide bonds. The molecular weight excluding hydrogens is 172 g/mol. The van der Waals surface area contributed by atoms with Gasteiger partial charge in [0.2, 0.25) is 0 Å². The maximum Gasteiger partial charge on any atom is 0.132 e. The molecule has 0 aliphatic rings. The lowest BCUT2D eigenvalue weighted by Crippen LogP contribution is -2.08. The van der Waals surface area contributed by atoms with Crippen molar-refractivity contribution in [3.05, 3.63) is 0 Å². The van der Waals surface area contributed by atoms with Crippen LogP contribution in [0.1, 0.15) is 72.1 Å². The minimum atomic E-state index is 0.446. The number of Topliss-reactive ketones (excluding diaryl/α,β-unsaturated/α-hetero) is 1. The van der Waals surface area contributed by atoms with E-state index < -0.39 is 0 Å². The number of hydrogen-bond acceptors (Lipinski definition) is 1. The van der Waals surface area contributed by atoms with Crippen LogP contribution < -0.4 is 0 Å². The Labute approximate surface area is 89.3 Å². The van der Waals surface area contributed by atoms with E-state index in [1.54, 1.807) is 0 Å². The van der Waals surface area contributed by atoms with E-state index in [0.717, 1.165) is 12.8 Å². The van der Waals surface area contributed by atoms with Crippen LogP contribution in [0.4, 0.5) is 0 Å². The zero-order chi connectivity index (χ0) is 10.8. The van der Waals surface area contributed by atoms with Crippen molar-refractivity contribution >= 4 is 5.78 Å². The molecule has 0 N–H and O–H groups in total. The molecule has 14 heavy (non-hydrogen) atoms. The molecule has 0 aliphatic carbocycles. The summed E-state index contributed by atoms with van der Waals surface area (Å²) in [5.41, 5.74) is 0. The predicted molar refractivity (Wildman–Crippen MR) is 62.5 cm³/mol. The molecule has 0 atom stereocenters. The highest BCUT2D eigenvalue weighted by molar-refractivity contribution is 5.78. The standard InChI is InChI=1S/C13H26O/c1-4-7-9-12(10-8-5-2)11-13(14)6-3/h12H,4-11H2,1-3H3. The molecule has 0 heterocycles. The van der Waals surface area contributed by atoms with Gasteiger partial charge in [-0.2, -0.15) is 0 Å². The van der Waals surface area contributed by atoms with Gasteiger partial charge in [-0.15, -0.1) is 0 Å². The van der Waals surface area contributed by atoms with E-state index in [4.69, 9.17) is 0 Å². The van der Waals surface area contributed by atoms with Gasteiger partial charge in [-0.25, -0.2) is 0 Å². The van der Waals surface area contributed by atoms with E-state index in [1.165, 1.54) is 38.5 Å². The van der Waals surface area contributed by atoms with Crippen molar-refractivity contribution in [3.8, 4) is 0 Å². The van der Waals surface area contributed by atoms with Gasteiger partial charge in [0.15, 0.2) is 0 Å². The average molecular weight is 198 g/mol. The van der Waals surface area contributed by atoms with Crippen LogP contribution in [-0.2, 0) is 4.79 Å². The number of hydrogen-bond donors (Lipinski definition) is 0. The van der Waals surface area contributed by atoms with Gasteiger partial charge >= 0.3 is 0 Å². The van der Waals surface area contributed by atoms with E-state index in [9.17, 15) is 4.79 Å². The SMILES string of the molecule is CCCCC(CCCC)CC(=O)CC. The fraction of sp³-hybridized carbons (Fsp3) is 0.923. The normalized spacial score (nSPS) is 10.9. The zero-order valence-electron chi connectivity index (χ0n) is 10.1. The summed E-state index contributed by atoms with van der Waals surface area (Å²) < 4.78 is 0. The van der Waals surface area contributed by atoms with E-state index in [2.05, 4.69) is 13.8 Å². The summed E-state index contributed by atoms with van der Waals surface area (Å²) in [7, 11) is 0. The second kappa shape index (κ2) is 9.23. The van der Waals surface area contributed by atoms with Crippen LogP contribution in [0.2, 0.25) is 0 Å². The van der Waals surface area contributed by atoms with Crippen LogP contribution >= 0.6 is 0 Å². The molecular formula is C13H26O. The molecule has 0 radical (unpaired) electrons. The summed E-state index contributed by atoms with van der Waals surface area (Å²) in [4.78, 5) is 11.3. The van der Waals surface area contributed by atoms with Crippen molar-refractivity contribution in [1.29, 1.82) is 0 Å². The van der Waals surface area contributed by atoms with Crippen LogP contribution in [0.25, 0.3) is 0 Å². The van der Waals surface area contributed by atoms with Crippen molar-refractivity contribution in [2.45, 2.75) is 72.1 Å². The molecule has 0 spiro atoms. The molecule has 0 saturated heterocycles. The van der Waals surface area contributed by atoms with Crippen molar-refractivity contribution in [2.24, 2.45) is 5.92 Å². The summed E-state index contributed by atoms with van der Waals surface area (Å²) in [6, 6.07) is 0. The number of carbonyl (C=O) groups is 1. The summed E-state index contributed by atoms with van der Waals surface area (Å²) in [6.45, 7) is 6.41. The first-order chi connectivity index (χ1) is 6.74. The van der Waals surface area contributed by atoms with Crippen molar-refractivity contribution in [1.82, 2.24) is 0 Å². The topological polar surface area (TPSA) is 17.1 Å². The minimum Gasteiger partial charge on any atom is -0.300 e. The Morgan fingerprint density at radius 1 is 1.00 bits per heavy atom. The predicted octanol–water partition coefficient (Wildman–Crippen LogP) is 4.35. The fourth-order valence-corrected chi connectivity index (χ4v) is 1.80. The van der Waals surface area contributed by atoms with E-state index in [1.807, 2.05) is 6.92 Å². The van der Waals surface area contributed by atoms with Crippen LogP contribution in [0.5, 0.6) is 0 Å². The number of unbranched alkanes of at least 4 members (excludes halogenated alkanes) is 2. The fourth-order valence-electron chi connectivity index (χ4n) is 1.80. The lowest BCUT2D eigenvalue weighted by atomic mass is 9.91. The van der Waals surface area contributed by atoms with Crippen LogP contribution in [0.3, 0.4) is 0 Å². The highest BCUT2D eigenvalue weighted by Crippen LogP contribution is 2.20. The van der Waals surface area contributed by atoms with Gasteiger partial charge in [0, 0.05) is 12.8 Å². The van der Waals surface area contributed by atoms with Gasteiger partial charge in [-0.3, -0.25) is 4.79 Å². The number of carbonyl (C=O) groups excluding carboxylic acids is 1. The maximum absolute atomic E-state index is 11.3. The first kappa shape index (κ1) is 13.7. The lowest BCUT2D eigenvalue weighted by Gasteiger charge is -2.14. The highest BCUT2D eigenvalue weighted by Gasteiger charge is 2.11. The Morgan fingerprint density at radius 3 is 1.86 bits per heavy atom. The molecule has 0 aromatic heterocycles. The number of rotatable bonds is 9. The smallest absolute Gasteiger partial charge is 0.132 e. The molecule has 0 aromatic rings. The van der Waals surface area contributed by atoms with E-state index in [0.29, 0.717) is 11.7 Å². The first-order valence-electron chi connectivity index (χ1n) is 6.26. The quantitative estimate of drug-likeness (QED) is 0.538. The zero-order valence-corrected chi connectivity index (χ0v) is 10.1. The number of ketones is 1. The summed E-state index contributed by atoms with van der Waals surface area (Å²) in [6.07, 6.45) is 9.12. The van der Waals surface area contributed by atoms with Gasteiger partial charge in [-0.05, 0) is 5.92 Å². The second-order valence-electron chi connectivity index (χ2n) is 4.25. The Hall–Kier alpha value is -0.330. The van der Waals surface area contributed by atoms with E-state index >= 15 is 0 Å². The molecule has 0 aromatic carbocycles. The van der Waals surface area contributed by atoms with Crippen molar-refractivity contribution in [3.63, 3.8) is 0 Å². The monoisotopic (exact) mass is 198 g/mol. The Bertz CT molecular complexity index is 132. The van der Waals surface area contributed by atoms with Crippen molar-refractivity contribution in [2.75, 3.05) is 0 Å². The van der Waals surface area contributed by atoms with Gasteiger partial charge < -0.3 is 0 Å². The molecule has 0 bridgehead atoms. The van der Waals surface area contributed by atoms with Crippen LogP contribution in [0.15, 0.2) is 0 Å². The van der Waals surface area contributed by atoms with Gasteiger partial charge in [0.25, 0.3) is 0 Å². The molecule has 0 saturated carbocycles. The molecule has 0 rings (SSSR count). The highest BCUT2D eigenvalue weighted by atomic mass is 16.1. The van der Waals surface area contributed by atoms with Gasteiger partial charge in [0.1, 0.15) is 5.78 Å². The lowest BCUT2D eigenvalue weighted by molar-refractivity contribution is -0.119. The van der Waals surface area contributed by atoms with Crippen molar-refractivity contribution < 1.29 is 4.79 Å². The minimum absolute atomic E-state index is 0.446.